The molecule has 2 heterocycles. The molecule has 122 valence electrons. The highest BCUT2D eigenvalue weighted by Crippen LogP contribution is 2.23. The lowest BCUT2D eigenvalue weighted by Gasteiger charge is -2.24. The molecule has 0 N–H and O–H groups in total. The van der Waals surface area contributed by atoms with Gasteiger partial charge in [-0.1, -0.05) is 19.9 Å². The average molecular weight is 304 g/mol. The van der Waals surface area contributed by atoms with Crippen LogP contribution in [-0.4, -0.2) is 34.7 Å². The second-order valence-electron chi connectivity index (χ2n) is 7.49. The number of carbonyl (C=O) groups is 1. The largest absolute Gasteiger partial charge is 0.444 e. The minimum Gasteiger partial charge on any atom is -0.444 e. The van der Waals surface area contributed by atoms with E-state index >= 15 is 0 Å². The van der Waals surface area contributed by atoms with Crippen LogP contribution in [-0.2, 0) is 11.2 Å². The molecule has 1 amide bonds. The number of hydrogen-bond acceptors (Lipinski definition) is 3. The summed E-state index contributed by atoms with van der Waals surface area (Å²) in [4.78, 5) is 18.6. The zero-order chi connectivity index (χ0) is 16.3. The van der Waals surface area contributed by atoms with Crippen LogP contribution in [0.2, 0.25) is 0 Å². The molecular weight excluding hydrogens is 276 g/mol. The van der Waals surface area contributed by atoms with Crippen molar-refractivity contribution in [1.82, 2.24) is 9.88 Å². The van der Waals surface area contributed by atoms with Crippen LogP contribution < -0.4 is 0 Å². The summed E-state index contributed by atoms with van der Waals surface area (Å²) < 4.78 is 5.44. The van der Waals surface area contributed by atoms with Crippen LogP contribution in [0.15, 0.2) is 18.2 Å². The number of aromatic nitrogens is 1. The summed E-state index contributed by atoms with van der Waals surface area (Å²) in [6.07, 6.45) is 1.76. The Bertz CT molecular complexity index is 520. The molecule has 4 heteroatoms. The maximum atomic E-state index is 12.1. The third kappa shape index (κ3) is 4.72. The maximum Gasteiger partial charge on any atom is 0.410 e. The van der Waals surface area contributed by atoms with Crippen LogP contribution in [0, 0.1) is 5.92 Å². The summed E-state index contributed by atoms with van der Waals surface area (Å²) in [7, 11) is 0. The number of ether oxygens (including phenoxy) is 1. The van der Waals surface area contributed by atoms with Gasteiger partial charge in [0.2, 0.25) is 0 Å². The van der Waals surface area contributed by atoms with Crippen LogP contribution in [0.25, 0.3) is 0 Å². The van der Waals surface area contributed by atoms with E-state index in [2.05, 4.69) is 32.0 Å². The first-order valence-electron chi connectivity index (χ1n) is 8.18. The second-order valence-corrected chi connectivity index (χ2v) is 7.49. The molecule has 0 bridgehead atoms. The molecule has 1 aromatic heterocycles. The Morgan fingerprint density at radius 3 is 2.77 bits per heavy atom. The molecule has 22 heavy (non-hydrogen) atoms. The molecule has 0 radical (unpaired) electrons. The van der Waals surface area contributed by atoms with Gasteiger partial charge in [0.15, 0.2) is 0 Å². The van der Waals surface area contributed by atoms with Crippen LogP contribution in [0.3, 0.4) is 0 Å². The number of carbonyl (C=O) groups excluding carboxylic acids is 1. The number of rotatable bonds is 3. The van der Waals surface area contributed by atoms with E-state index in [0.717, 1.165) is 37.3 Å². The zero-order valence-corrected chi connectivity index (χ0v) is 14.4. The minimum atomic E-state index is -0.428. The Balaban J connectivity index is 1.91. The van der Waals surface area contributed by atoms with E-state index in [4.69, 9.17) is 9.72 Å². The molecule has 1 aromatic rings. The number of nitrogens with zero attached hydrogens (tertiary/aromatic N) is 2. The van der Waals surface area contributed by atoms with Crippen LogP contribution in [0.4, 0.5) is 4.79 Å². The van der Waals surface area contributed by atoms with E-state index in [1.54, 1.807) is 0 Å². The van der Waals surface area contributed by atoms with Gasteiger partial charge in [-0.2, -0.15) is 0 Å². The monoisotopic (exact) mass is 304 g/mol. The van der Waals surface area contributed by atoms with Gasteiger partial charge in [0.05, 0.1) is 0 Å². The average Bonchev–Trinajstić information content (AvgIpc) is 2.85. The summed E-state index contributed by atoms with van der Waals surface area (Å²) in [6, 6.07) is 6.25. The minimum absolute atomic E-state index is 0.195. The molecular formula is C18H28N2O2. The second kappa shape index (κ2) is 6.67. The highest BCUT2D eigenvalue weighted by atomic mass is 16.6. The van der Waals surface area contributed by atoms with E-state index in [9.17, 15) is 4.79 Å². The topological polar surface area (TPSA) is 42.4 Å². The van der Waals surface area contributed by atoms with Crippen molar-refractivity contribution in [2.24, 2.45) is 5.92 Å². The zero-order valence-electron chi connectivity index (χ0n) is 14.4. The first kappa shape index (κ1) is 16.8. The van der Waals surface area contributed by atoms with Crippen molar-refractivity contribution in [2.45, 2.75) is 59.0 Å². The smallest absolute Gasteiger partial charge is 0.410 e. The lowest BCUT2D eigenvalue weighted by molar-refractivity contribution is 0.0288. The number of pyridine rings is 1. The van der Waals surface area contributed by atoms with Crippen molar-refractivity contribution in [1.29, 1.82) is 0 Å². The normalized spacial score (nSPS) is 18.8. The molecule has 2 rings (SSSR count). The van der Waals surface area contributed by atoms with Gasteiger partial charge in [0.25, 0.3) is 0 Å². The lowest BCUT2D eigenvalue weighted by Crippen LogP contribution is -2.35. The van der Waals surface area contributed by atoms with E-state index in [1.165, 1.54) is 0 Å². The Labute approximate surface area is 133 Å². The number of hydrogen-bond donors (Lipinski definition) is 0. The third-order valence-corrected chi connectivity index (χ3v) is 3.86. The summed E-state index contributed by atoms with van der Waals surface area (Å²) >= 11 is 0. The number of likely N-dealkylation sites (tertiary alicyclic amines) is 1. The van der Waals surface area contributed by atoms with Gasteiger partial charge >= 0.3 is 6.09 Å². The van der Waals surface area contributed by atoms with Crippen LogP contribution in [0.1, 0.15) is 58.3 Å². The fourth-order valence-electron chi connectivity index (χ4n) is 2.72. The summed E-state index contributed by atoms with van der Waals surface area (Å²) in [5, 5.41) is 0. The molecule has 1 unspecified atom stereocenters. The Morgan fingerprint density at radius 2 is 2.14 bits per heavy atom. The predicted octanol–water partition coefficient (Wildman–Crippen LogP) is 4.00. The van der Waals surface area contributed by atoms with Gasteiger partial charge in [-0.25, -0.2) is 4.79 Å². The van der Waals surface area contributed by atoms with Gasteiger partial charge in [-0.3, -0.25) is 4.98 Å². The van der Waals surface area contributed by atoms with E-state index < -0.39 is 5.60 Å². The van der Waals surface area contributed by atoms with Gasteiger partial charge in [0, 0.05) is 24.5 Å². The molecule has 1 fully saturated rings. The van der Waals surface area contributed by atoms with Crippen LogP contribution in [0.5, 0.6) is 0 Å². The lowest BCUT2D eigenvalue weighted by atomic mass is 10.0. The maximum absolute atomic E-state index is 12.1. The molecule has 0 aliphatic carbocycles. The van der Waals surface area contributed by atoms with Gasteiger partial charge < -0.3 is 9.64 Å². The molecule has 0 aromatic carbocycles. The van der Waals surface area contributed by atoms with Crippen molar-refractivity contribution in [3.05, 3.63) is 29.6 Å². The molecule has 0 spiro atoms. The summed E-state index contributed by atoms with van der Waals surface area (Å²) in [6.45, 7) is 11.6. The van der Waals surface area contributed by atoms with Crippen molar-refractivity contribution < 1.29 is 9.53 Å². The summed E-state index contributed by atoms with van der Waals surface area (Å²) in [5.74, 6) is 0.921. The summed E-state index contributed by atoms with van der Waals surface area (Å²) in [5.41, 5.74) is 1.84. The molecule has 0 saturated carbocycles. The number of amides is 1. The first-order chi connectivity index (χ1) is 10.2. The van der Waals surface area contributed by atoms with E-state index in [0.29, 0.717) is 11.8 Å². The third-order valence-electron chi connectivity index (χ3n) is 3.86. The van der Waals surface area contributed by atoms with E-state index in [1.807, 2.05) is 25.7 Å². The Kier molecular flexibility index (Phi) is 5.09. The van der Waals surface area contributed by atoms with Crippen LogP contribution >= 0.6 is 0 Å². The standard InChI is InChI=1S/C18H28N2O2/c1-13(2)16-8-6-7-15(19-16)11-14-9-10-20(12-14)17(21)22-18(3,4)5/h6-8,13-14H,9-12H2,1-5H3. The SMILES string of the molecule is CC(C)c1cccc(CC2CCN(C(=O)OC(C)(C)C)C2)n1. The van der Waals surface area contributed by atoms with Gasteiger partial charge in [-0.05, 0) is 57.6 Å². The highest BCUT2D eigenvalue weighted by Gasteiger charge is 2.29. The molecule has 4 nitrogen and oxygen atoms in total. The Morgan fingerprint density at radius 1 is 1.41 bits per heavy atom. The van der Waals surface area contributed by atoms with Crippen molar-refractivity contribution in [2.75, 3.05) is 13.1 Å². The molecule has 1 saturated heterocycles. The molecule has 1 aliphatic rings. The first-order valence-corrected chi connectivity index (χ1v) is 8.18. The molecule has 1 aliphatic heterocycles. The van der Waals surface area contributed by atoms with Gasteiger partial charge in [-0.15, -0.1) is 0 Å². The van der Waals surface area contributed by atoms with Crippen molar-refractivity contribution >= 4 is 6.09 Å². The quantitative estimate of drug-likeness (QED) is 0.847. The van der Waals surface area contributed by atoms with Crippen molar-refractivity contribution in [3.63, 3.8) is 0 Å². The Hall–Kier alpha value is -1.58. The van der Waals surface area contributed by atoms with Crippen molar-refractivity contribution in [3.8, 4) is 0 Å². The van der Waals surface area contributed by atoms with Gasteiger partial charge in [0.1, 0.15) is 5.60 Å². The van der Waals surface area contributed by atoms with E-state index in [-0.39, 0.29) is 6.09 Å². The highest BCUT2D eigenvalue weighted by molar-refractivity contribution is 5.68. The predicted molar refractivity (Wildman–Crippen MR) is 87.9 cm³/mol. The fourth-order valence-corrected chi connectivity index (χ4v) is 2.72. The molecule has 1 atom stereocenters. The fraction of sp³-hybridized carbons (Fsp3) is 0.667.